The van der Waals surface area contributed by atoms with E-state index in [1.165, 1.54) is 16.6 Å². The standard InChI is InChI=1S/C11H12N.CH4O4S/c1-9-7-8-10-5-3-4-6-11(10)12(9)2;1-5-6(2,3)4/h3-8H,1-2H3;1H3,(H,2,3,4)/q+1;/p-1. The van der Waals surface area contributed by atoms with Gasteiger partial charge in [0.1, 0.15) is 7.05 Å². The molecular weight excluding hydrogens is 254 g/mol. The van der Waals surface area contributed by atoms with Crippen LogP contribution in [0.3, 0.4) is 0 Å². The summed E-state index contributed by atoms with van der Waals surface area (Å²) in [5.74, 6) is 0. The number of fused-ring (bicyclic) bond motifs is 1. The molecule has 98 valence electrons. The van der Waals surface area contributed by atoms with Crippen LogP contribution in [0.5, 0.6) is 0 Å². The highest BCUT2D eigenvalue weighted by Gasteiger charge is 2.05. The molecular formula is C12H15NO4S. The summed E-state index contributed by atoms with van der Waals surface area (Å²) in [4.78, 5) is 0. The summed E-state index contributed by atoms with van der Waals surface area (Å²) < 4.78 is 33.2. The van der Waals surface area contributed by atoms with Crippen molar-refractivity contribution < 1.29 is 21.7 Å². The molecule has 0 atom stereocenters. The number of hydrogen-bond acceptors (Lipinski definition) is 4. The first-order chi connectivity index (χ1) is 8.35. The number of aryl methyl sites for hydroxylation is 2. The molecule has 2 rings (SSSR count). The van der Waals surface area contributed by atoms with Gasteiger partial charge >= 0.3 is 0 Å². The maximum Gasteiger partial charge on any atom is 0.217 e. The monoisotopic (exact) mass is 269 g/mol. The number of pyridine rings is 1. The Labute approximate surface area is 107 Å². The highest BCUT2D eigenvalue weighted by atomic mass is 32.3. The van der Waals surface area contributed by atoms with Crippen LogP contribution in [0.15, 0.2) is 36.4 Å². The van der Waals surface area contributed by atoms with Crippen LogP contribution in [0, 0.1) is 6.92 Å². The Morgan fingerprint density at radius 1 is 1.17 bits per heavy atom. The molecule has 18 heavy (non-hydrogen) atoms. The second-order valence-electron chi connectivity index (χ2n) is 3.67. The molecule has 0 saturated carbocycles. The summed E-state index contributed by atoms with van der Waals surface area (Å²) in [5.41, 5.74) is 2.58. The van der Waals surface area contributed by atoms with Crippen molar-refractivity contribution in [3.8, 4) is 0 Å². The number of nitrogens with zero attached hydrogens (tertiary/aromatic N) is 1. The van der Waals surface area contributed by atoms with Gasteiger partial charge in [-0.05, 0) is 12.1 Å². The van der Waals surface area contributed by atoms with Crippen LogP contribution in [-0.2, 0) is 21.6 Å². The zero-order valence-corrected chi connectivity index (χ0v) is 11.3. The number of para-hydroxylation sites is 1. The summed E-state index contributed by atoms with van der Waals surface area (Å²) in [6, 6.07) is 12.7. The molecule has 2 aromatic rings. The lowest BCUT2D eigenvalue weighted by Crippen LogP contribution is -2.32. The molecule has 0 fully saturated rings. The topological polar surface area (TPSA) is 70.3 Å². The second-order valence-corrected chi connectivity index (χ2v) is 4.82. The van der Waals surface area contributed by atoms with E-state index in [0.717, 1.165) is 7.11 Å². The Balaban J connectivity index is 0.000000232. The molecule has 0 spiro atoms. The molecule has 0 amide bonds. The van der Waals surface area contributed by atoms with Gasteiger partial charge in [-0.2, -0.15) is 4.57 Å². The van der Waals surface area contributed by atoms with Gasteiger partial charge < -0.3 is 4.55 Å². The minimum absolute atomic E-state index is 0.808. The van der Waals surface area contributed by atoms with Crippen molar-refractivity contribution in [2.24, 2.45) is 7.05 Å². The van der Waals surface area contributed by atoms with Crippen LogP contribution >= 0.6 is 0 Å². The SMILES string of the molecule is COS(=O)(=O)[O-].Cc1ccc2ccccc2[n+]1C. The maximum absolute atomic E-state index is 9.22. The van der Waals surface area contributed by atoms with E-state index in [1.54, 1.807) is 0 Å². The highest BCUT2D eigenvalue weighted by Crippen LogP contribution is 2.08. The summed E-state index contributed by atoms with van der Waals surface area (Å²) in [6.45, 7) is 2.12. The van der Waals surface area contributed by atoms with E-state index >= 15 is 0 Å². The predicted octanol–water partition coefficient (Wildman–Crippen LogP) is 1.07. The van der Waals surface area contributed by atoms with Crippen molar-refractivity contribution in [3.05, 3.63) is 42.1 Å². The van der Waals surface area contributed by atoms with E-state index in [-0.39, 0.29) is 0 Å². The molecule has 1 heterocycles. The molecule has 6 heteroatoms. The van der Waals surface area contributed by atoms with E-state index < -0.39 is 10.4 Å². The second kappa shape index (κ2) is 5.90. The van der Waals surface area contributed by atoms with Crippen LogP contribution < -0.4 is 4.57 Å². The number of benzene rings is 1. The largest absolute Gasteiger partial charge is 0.726 e. The maximum atomic E-state index is 9.22. The summed E-state index contributed by atoms with van der Waals surface area (Å²) in [5, 5.41) is 1.30. The van der Waals surface area contributed by atoms with Gasteiger partial charge in [-0.1, -0.05) is 12.1 Å². The Morgan fingerprint density at radius 2 is 1.72 bits per heavy atom. The lowest BCUT2D eigenvalue weighted by Gasteiger charge is -1.98. The first-order valence-corrected chi connectivity index (χ1v) is 6.54. The first kappa shape index (κ1) is 14.6. The molecule has 0 radical (unpaired) electrons. The van der Waals surface area contributed by atoms with E-state index in [9.17, 15) is 13.0 Å². The average Bonchev–Trinajstić information content (AvgIpc) is 2.34. The van der Waals surface area contributed by atoms with Gasteiger partial charge in [0.2, 0.25) is 15.9 Å². The van der Waals surface area contributed by atoms with Crippen LogP contribution in [-0.4, -0.2) is 20.1 Å². The van der Waals surface area contributed by atoms with Gasteiger partial charge in [-0.3, -0.25) is 4.18 Å². The van der Waals surface area contributed by atoms with Gasteiger partial charge in [0.15, 0.2) is 5.69 Å². The Hall–Kier alpha value is -1.50. The van der Waals surface area contributed by atoms with Crippen molar-refractivity contribution in [1.82, 2.24) is 0 Å². The molecule has 5 nitrogen and oxygen atoms in total. The van der Waals surface area contributed by atoms with Crippen molar-refractivity contribution in [1.29, 1.82) is 0 Å². The Kier molecular flexibility index (Phi) is 4.77. The lowest BCUT2D eigenvalue weighted by molar-refractivity contribution is -0.651. The fourth-order valence-electron chi connectivity index (χ4n) is 1.45. The minimum Gasteiger partial charge on any atom is -0.726 e. The third-order valence-corrected chi connectivity index (χ3v) is 2.94. The zero-order chi connectivity index (χ0) is 13.8. The number of aromatic nitrogens is 1. The number of rotatable bonds is 1. The average molecular weight is 269 g/mol. The van der Waals surface area contributed by atoms with Crippen LogP contribution in [0.4, 0.5) is 0 Å². The van der Waals surface area contributed by atoms with Crippen LogP contribution in [0.1, 0.15) is 5.69 Å². The van der Waals surface area contributed by atoms with Crippen molar-refractivity contribution in [3.63, 3.8) is 0 Å². The Bertz CT molecular complexity index is 638. The Morgan fingerprint density at radius 3 is 2.28 bits per heavy atom. The molecule has 1 aromatic carbocycles. The third-order valence-electron chi connectivity index (χ3n) is 2.54. The van der Waals surface area contributed by atoms with Gasteiger partial charge in [0.25, 0.3) is 0 Å². The van der Waals surface area contributed by atoms with Gasteiger partial charge in [-0.25, -0.2) is 8.42 Å². The molecule has 0 aliphatic carbocycles. The normalized spacial score (nSPS) is 10.9. The van der Waals surface area contributed by atoms with Gasteiger partial charge in [-0.15, -0.1) is 0 Å². The molecule has 0 bridgehead atoms. The molecule has 0 saturated heterocycles. The summed E-state index contributed by atoms with van der Waals surface area (Å²) in [6.07, 6.45) is 0. The van der Waals surface area contributed by atoms with Crippen molar-refractivity contribution in [2.75, 3.05) is 7.11 Å². The number of hydrogen-bond donors (Lipinski definition) is 0. The van der Waals surface area contributed by atoms with Crippen LogP contribution in [0.25, 0.3) is 10.9 Å². The van der Waals surface area contributed by atoms with E-state index in [2.05, 4.69) is 59.1 Å². The molecule has 1 aromatic heterocycles. The summed E-state index contributed by atoms with van der Waals surface area (Å²) >= 11 is 0. The van der Waals surface area contributed by atoms with Gasteiger partial charge in [0.05, 0.1) is 7.11 Å². The summed E-state index contributed by atoms with van der Waals surface area (Å²) in [7, 11) is -1.51. The van der Waals surface area contributed by atoms with Crippen molar-refractivity contribution >= 4 is 21.3 Å². The predicted molar refractivity (Wildman–Crippen MR) is 66.6 cm³/mol. The van der Waals surface area contributed by atoms with Gasteiger partial charge in [0, 0.05) is 24.4 Å². The van der Waals surface area contributed by atoms with E-state index in [4.69, 9.17) is 0 Å². The zero-order valence-electron chi connectivity index (χ0n) is 10.5. The first-order valence-electron chi connectivity index (χ1n) is 5.21. The lowest BCUT2D eigenvalue weighted by atomic mass is 10.2. The smallest absolute Gasteiger partial charge is 0.217 e. The molecule has 0 unspecified atom stereocenters. The minimum atomic E-state index is -4.41. The fraction of sp³-hybridized carbons (Fsp3) is 0.250. The molecule has 0 aliphatic rings. The van der Waals surface area contributed by atoms with Crippen molar-refractivity contribution in [2.45, 2.75) is 6.92 Å². The highest BCUT2D eigenvalue weighted by molar-refractivity contribution is 7.80. The van der Waals surface area contributed by atoms with E-state index in [0.29, 0.717) is 0 Å². The van der Waals surface area contributed by atoms with E-state index in [1.807, 2.05) is 0 Å². The third kappa shape index (κ3) is 4.06. The van der Waals surface area contributed by atoms with Crippen LogP contribution in [0.2, 0.25) is 0 Å². The fourth-order valence-corrected chi connectivity index (χ4v) is 1.45. The quantitative estimate of drug-likeness (QED) is 0.441. The molecule has 0 N–H and O–H groups in total. The molecule has 0 aliphatic heterocycles.